The van der Waals surface area contributed by atoms with E-state index in [2.05, 4.69) is 5.32 Å². The number of hydrogen-bond acceptors (Lipinski definition) is 5. The van der Waals surface area contributed by atoms with Crippen LogP contribution in [0.2, 0.25) is 0 Å². The Balaban J connectivity index is 1.98. The van der Waals surface area contributed by atoms with Crippen molar-refractivity contribution in [3.63, 3.8) is 0 Å². The van der Waals surface area contributed by atoms with Gasteiger partial charge in [-0.25, -0.2) is 19.1 Å². The molecule has 4 rings (SSSR count). The molecule has 3 aromatic rings. The number of fused-ring (bicyclic) bond motifs is 1. The number of aliphatic hydroxyl groups excluding tert-OH is 1. The largest absolute Gasteiger partial charge is 0.395 e. The van der Waals surface area contributed by atoms with E-state index in [1.807, 2.05) is 38.1 Å². The number of para-hydroxylation sites is 1. The first kappa shape index (κ1) is 20.7. The van der Waals surface area contributed by atoms with Crippen molar-refractivity contribution in [2.24, 2.45) is 0 Å². The Labute approximate surface area is 180 Å². The summed E-state index contributed by atoms with van der Waals surface area (Å²) in [4.78, 5) is 25.7. The second kappa shape index (κ2) is 8.31. The van der Waals surface area contributed by atoms with Gasteiger partial charge in [-0.05, 0) is 49.2 Å². The number of aromatic nitrogens is 2. The fraction of sp³-hybridized carbons (Fsp3) is 0.261. The van der Waals surface area contributed by atoms with Gasteiger partial charge in [-0.15, -0.1) is 0 Å². The number of likely N-dealkylation sites (N-methyl/N-ethyl adjacent to an activating group) is 1. The highest BCUT2D eigenvalue weighted by Gasteiger charge is 2.32. The summed E-state index contributed by atoms with van der Waals surface area (Å²) in [6.45, 7) is 4.28. The molecule has 1 aliphatic heterocycles. The van der Waals surface area contributed by atoms with Crippen molar-refractivity contribution >= 4 is 23.5 Å². The minimum atomic E-state index is -0.323. The average molecular weight is 421 g/mol. The Hall–Kier alpha value is -3.52. The third-order valence-electron chi connectivity index (χ3n) is 5.38. The number of rotatable bonds is 5. The molecule has 0 unspecified atom stereocenters. The number of carbonyl (C=O) groups is 1. The number of hydrogen-bond donors (Lipinski definition) is 2. The van der Waals surface area contributed by atoms with Gasteiger partial charge >= 0.3 is 6.03 Å². The van der Waals surface area contributed by atoms with E-state index in [9.17, 15) is 14.3 Å². The van der Waals surface area contributed by atoms with Gasteiger partial charge in [-0.2, -0.15) is 4.98 Å². The summed E-state index contributed by atoms with van der Waals surface area (Å²) in [7, 11) is 1.78. The second-order valence-corrected chi connectivity index (χ2v) is 7.56. The van der Waals surface area contributed by atoms with Gasteiger partial charge < -0.3 is 15.3 Å². The fourth-order valence-corrected chi connectivity index (χ4v) is 3.72. The van der Waals surface area contributed by atoms with E-state index in [1.54, 1.807) is 22.9 Å². The third kappa shape index (κ3) is 3.82. The first-order chi connectivity index (χ1) is 14.9. The first-order valence-electron chi connectivity index (χ1n) is 10.0. The van der Waals surface area contributed by atoms with Crippen LogP contribution in [0.1, 0.15) is 16.7 Å². The van der Waals surface area contributed by atoms with E-state index in [1.165, 1.54) is 12.1 Å². The topological polar surface area (TPSA) is 81.6 Å². The van der Waals surface area contributed by atoms with Crippen LogP contribution in [0.4, 0.5) is 26.6 Å². The molecule has 7 nitrogen and oxygen atoms in total. The highest BCUT2D eigenvalue weighted by atomic mass is 19.1. The summed E-state index contributed by atoms with van der Waals surface area (Å²) in [5, 5.41) is 12.3. The monoisotopic (exact) mass is 421 g/mol. The number of amides is 2. The van der Waals surface area contributed by atoms with E-state index in [4.69, 9.17) is 9.97 Å². The van der Waals surface area contributed by atoms with Crippen molar-refractivity contribution in [2.75, 3.05) is 30.0 Å². The molecule has 1 aliphatic rings. The third-order valence-corrected chi connectivity index (χ3v) is 5.38. The minimum absolute atomic E-state index is 0.0656. The molecule has 2 heterocycles. The lowest BCUT2D eigenvalue weighted by molar-refractivity contribution is 0.246. The van der Waals surface area contributed by atoms with Gasteiger partial charge in [-0.3, -0.25) is 0 Å². The SMILES string of the molecule is Cc1cc(F)ccc1-c1nc(N(C)CCO)nc2c1CNC(=O)N2c1ccccc1C. The molecule has 0 atom stereocenters. The Morgan fingerprint density at radius 2 is 1.94 bits per heavy atom. The zero-order valence-electron chi connectivity index (χ0n) is 17.7. The number of aliphatic hydroxyl groups is 1. The number of aryl methyl sites for hydroxylation is 2. The number of anilines is 3. The normalized spacial score (nSPS) is 13.1. The molecular weight excluding hydrogens is 397 g/mol. The van der Waals surface area contributed by atoms with Crippen molar-refractivity contribution in [1.29, 1.82) is 0 Å². The zero-order valence-corrected chi connectivity index (χ0v) is 17.7. The van der Waals surface area contributed by atoms with E-state index in [-0.39, 0.29) is 25.0 Å². The maximum atomic E-state index is 13.8. The standard InChI is InChI=1S/C23H24FN5O2/c1-14-6-4-5-7-19(14)29-21-18(13-25-23(29)31)20(17-9-8-16(24)12-15(17)2)26-22(27-21)28(3)10-11-30/h4-9,12,30H,10-11,13H2,1-3H3,(H,25,31). The summed E-state index contributed by atoms with van der Waals surface area (Å²) < 4.78 is 13.8. The molecule has 0 spiro atoms. The number of nitrogens with zero attached hydrogens (tertiary/aromatic N) is 4. The fourth-order valence-electron chi connectivity index (χ4n) is 3.72. The predicted molar refractivity (Wildman–Crippen MR) is 118 cm³/mol. The van der Waals surface area contributed by atoms with Crippen molar-refractivity contribution < 1.29 is 14.3 Å². The molecule has 0 fully saturated rings. The van der Waals surface area contributed by atoms with Crippen molar-refractivity contribution in [3.8, 4) is 11.3 Å². The minimum Gasteiger partial charge on any atom is -0.395 e. The van der Waals surface area contributed by atoms with Crippen LogP contribution >= 0.6 is 0 Å². The molecule has 31 heavy (non-hydrogen) atoms. The smallest absolute Gasteiger partial charge is 0.328 e. The Morgan fingerprint density at radius 3 is 2.65 bits per heavy atom. The van der Waals surface area contributed by atoms with Crippen LogP contribution in [-0.2, 0) is 6.54 Å². The Bertz CT molecular complexity index is 1150. The zero-order chi connectivity index (χ0) is 22.1. The second-order valence-electron chi connectivity index (χ2n) is 7.56. The van der Waals surface area contributed by atoms with E-state index >= 15 is 0 Å². The molecule has 8 heteroatoms. The van der Waals surface area contributed by atoms with Crippen LogP contribution in [0.3, 0.4) is 0 Å². The number of halogens is 1. The molecule has 0 saturated heterocycles. The maximum absolute atomic E-state index is 13.8. The Kier molecular flexibility index (Phi) is 5.56. The van der Waals surface area contributed by atoms with E-state index in [0.29, 0.717) is 24.0 Å². The van der Waals surface area contributed by atoms with Gasteiger partial charge in [-0.1, -0.05) is 18.2 Å². The first-order valence-corrected chi connectivity index (χ1v) is 10.0. The van der Waals surface area contributed by atoms with Crippen LogP contribution in [-0.4, -0.2) is 41.3 Å². The molecule has 0 radical (unpaired) electrons. The highest BCUT2D eigenvalue weighted by molar-refractivity contribution is 6.02. The Morgan fingerprint density at radius 1 is 1.16 bits per heavy atom. The van der Waals surface area contributed by atoms with E-state index in [0.717, 1.165) is 27.9 Å². The number of nitrogens with one attached hydrogen (secondary N) is 1. The number of carbonyl (C=O) groups excluding carboxylic acids is 1. The molecule has 2 amide bonds. The van der Waals surface area contributed by atoms with E-state index < -0.39 is 0 Å². The summed E-state index contributed by atoms with van der Waals surface area (Å²) in [6.07, 6.45) is 0. The lowest BCUT2D eigenvalue weighted by atomic mass is 10.00. The van der Waals surface area contributed by atoms with Crippen molar-refractivity contribution in [3.05, 3.63) is 65.0 Å². The molecule has 160 valence electrons. The van der Waals surface area contributed by atoms with Crippen LogP contribution < -0.4 is 15.1 Å². The molecule has 0 saturated carbocycles. The average Bonchev–Trinajstić information content (AvgIpc) is 2.74. The van der Waals surface area contributed by atoms with Crippen LogP contribution in [0.15, 0.2) is 42.5 Å². The number of benzene rings is 2. The highest BCUT2D eigenvalue weighted by Crippen LogP contribution is 2.38. The summed E-state index contributed by atoms with van der Waals surface area (Å²) in [5.74, 6) is 0.531. The summed E-state index contributed by atoms with van der Waals surface area (Å²) in [6, 6.07) is 11.9. The predicted octanol–water partition coefficient (Wildman–Crippen LogP) is 3.69. The van der Waals surface area contributed by atoms with Crippen LogP contribution in [0.5, 0.6) is 0 Å². The quantitative estimate of drug-likeness (QED) is 0.657. The molecule has 2 N–H and O–H groups in total. The maximum Gasteiger partial charge on any atom is 0.328 e. The van der Waals surface area contributed by atoms with Crippen LogP contribution in [0, 0.1) is 19.7 Å². The molecule has 1 aromatic heterocycles. The van der Waals surface area contributed by atoms with Crippen LogP contribution in [0.25, 0.3) is 11.3 Å². The van der Waals surface area contributed by atoms with Gasteiger partial charge in [0.05, 0.1) is 24.5 Å². The van der Waals surface area contributed by atoms with Gasteiger partial charge in [0.15, 0.2) is 5.82 Å². The molecule has 2 aromatic carbocycles. The van der Waals surface area contributed by atoms with Gasteiger partial charge in [0.25, 0.3) is 0 Å². The number of urea groups is 1. The van der Waals surface area contributed by atoms with Gasteiger partial charge in [0.2, 0.25) is 5.95 Å². The molecule has 0 bridgehead atoms. The summed E-state index contributed by atoms with van der Waals surface area (Å²) >= 11 is 0. The van der Waals surface area contributed by atoms with Crippen molar-refractivity contribution in [1.82, 2.24) is 15.3 Å². The lowest BCUT2D eigenvalue weighted by Gasteiger charge is -2.32. The summed E-state index contributed by atoms with van der Waals surface area (Å²) in [5.41, 5.74) is 4.52. The van der Waals surface area contributed by atoms with Crippen molar-refractivity contribution in [2.45, 2.75) is 20.4 Å². The molecule has 0 aliphatic carbocycles. The van der Waals surface area contributed by atoms with Gasteiger partial charge in [0, 0.05) is 24.7 Å². The van der Waals surface area contributed by atoms with Gasteiger partial charge in [0.1, 0.15) is 5.82 Å². The molecular formula is C23H24FN5O2. The lowest BCUT2D eigenvalue weighted by Crippen LogP contribution is -2.43.